The third-order valence-corrected chi connectivity index (χ3v) is 9.82. The molecule has 5 aliphatic rings. The summed E-state index contributed by atoms with van der Waals surface area (Å²) in [5, 5.41) is 16.1. The second kappa shape index (κ2) is 13.8. The van der Waals surface area contributed by atoms with Gasteiger partial charge in [0.1, 0.15) is 30.1 Å². The maximum absolute atomic E-state index is 15.2. The van der Waals surface area contributed by atoms with E-state index in [1.54, 1.807) is 18.2 Å². The van der Waals surface area contributed by atoms with E-state index in [0.717, 1.165) is 45.1 Å². The lowest BCUT2D eigenvalue weighted by molar-refractivity contribution is -0.139. The molecule has 2 amide bonds. The van der Waals surface area contributed by atoms with Gasteiger partial charge in [-0.15, -0.1) is 0 Å². The van der Waals surface area contributed by atoms with Crippen LogP contribution < -0.4 is 20.3 Å². The summed E-state index contributed by atoms with van der Waals surface area (Å²) >= 11 is 0. The number of rotatable bonds is 8. The van der Waals surface area contributed by atoms with E-state index in [-0.39, 0.29) is 49.1 Å². The Morgan fingerprint density at radius 2 is 1.92 bits per heavy atom. The monoisotopic (exact) mass is 657 g/mol. The lowest BCUT2D eigenvalue weighted by atomic mass is 10.0. The molecular weight excluding hydrogens is 617 g/mol. The minimum absolute atomic E-state index is 0.111. The minimum atomic E-state index is -1.43. The normalized spacial score (nSPS) is 26.4. The molecule has 5 aliphatic heterocycles. The molecule has 0 spiro atoms. The van der Waals surface area contributed by atoms with Crippen molar-refractivity contribution in [1.29, 1.82) is 5.26 Å². The number of ether oxygens (including phenoxy) is 2. The van der Waals surface area contributed by atoms with Gasteiger partial charge in [-0.1, -0.05) is 0 Å². The van der Waals surface area contributed by atoms with E-state index < -0.39 is 24.5 Å². The topological polar surface area (TPSA) is 138 Å². The number of hydrogen-bond acceptors (Lipinski definition) is 11. The number of piperazine rings is 1. The summed E-state index contributed by atoms with van der Waals surface area (Å²) < 4.78 is 26.6. The fraction of sp³-hybridized carbons (Fsp3) is 0.500. The second-order valence-electron chi connectivity index (χ2n) is 12.9. The summed E-state index contributed by atoms with van der Waals surface area (Å²) in [7, 11) is 1.88. The van der Waals surface area contributed by atoms with Gasteiger partial charge < -0.3 is 34.8 Å². The fourth-order valence-electron chi connectivity index (χ4n) is 6.84. The van der Waals surface area contributed by atoms with Gasteiger partial charge in [-0.2, -0.15) is 5.26 Å². The number of benzene rings is 2. The van der Waals surface area contributed by atoms with Crippen molar-refractivity contribution in [3.05, 3.63) is 53.6 Å². The van der Waals surface area contributed by atoms with Crippen molar-refractivity contribution >= 4 is 35.4 Å². The lowest BCUT2D eigenvalue weighted by Gasteiger charge is -2.43. The molecule has 0 aromatic heterocycles. The molecule has 4 fully saturated rings. The highest BCUT2D eigenvalue weighted by Gasteiger charge is 2.38. The molecule has 2 unspecified atom stereocenters. The van der Waals surface area contributed by atoms with Crippen LogP contribution in [0.3, 0.4) is 0 Å². The summed E-state index contributed by atoms with van der Waals surface area (Å²) in [6.07, 6.45) is -0.732. The number of aliphatic imine (C=N–C) groups is 2. The number of hydrogen-bond donors (Lipinski definition) is 2. The Hall–Kier alpha value is -4.74. The van der Waals surface area contributed by atoms with Gasteiger partial charge in [0.05, 0.1) is 37.3 Å². The number of amides is 2. The van der Waals surface area contributed by atoms with E-state index in [1.165, 1.54) is 16.9 Å². The van der Waals surface area contributed by atoms with Gasteiger partial charge in [-0.05, 0) is 42.5 Å². The molecule has 0 radical (unpaired) electrons. The molecule has 4 atom stereocenters. The molecular formula is C34H40FN9O4. The summed E-state index contributed by atoms with van der Waals surface area (Å²) in [4.78, 5) is 41.6. The standard InChI is InChI=1S/C34H40FN9O4/c1-41-32(38-21-39-34(41)40-25-3-5-26(6-4-25)42-10-12-43(13-11-42)27-19-47-20-27)22-2-7-29(23(14-22)16-36)48-30-8-9-44(18-28(30)35)33(46)24-15-31(45)37-17-24/h2-7,14,21,24,27-28,30,34,40H,8-13,15,17-20H2,1H3,(H,37,45)/t24?,28-,30+,34?/m1/s1. The summed E-state index contributed by atoms with van der Waals surface area (Å²) in [6, 6.07) is 16.3. The van der Waals surface area contributed by atoms with Crippen molar-refractivity contribution in [2.45, 2.75) is 37.4 Å². The fourth-order valence-corrected chi connectivity index (χ4v) is 6.84. The molecule has 2 aromatic carbocycles. The summed E-state index contributed by atoms with van der Waals surface area (Å²) in [6.45, 7) is 6.25. The highest BCUT2D eigenvalue weighted by molar-refractivity contribution is 6.04. The number of piperidine rings is 1. The Labute approximate surface area is 279 Å². The molecule has 13 nitrogen and oxygen atoms in total. The first kappa shape index (κ1) is 31.8. The van der Waals surface area contributed by atoms with Crippen LogP contribution in [0.15, 0.2) is 52.4 Å². The van der Waals surface area contributed by atoms with Gasteiger partial charge in [-0.3, -0.25) is 14.5 Å². The number of carbonyl (C=O) groups is 2. The molecule has 48 heavy (non-hydrogen) atoms. The smallest absolute Gasteiger partial charge is 0.228 e. The quantitative estimate of drug-likeness (QED) is 0.434. The van der Waals surface area contributed by atoms with Gasteiger partial charge in [0.2, 0.25) is 11.8 Å². The van der Waals surface area contributed by atoms with Gasteiger partial charge >= 0.3 is 0 Å². The van der Waals surface area contributed by atoms with Crippen molar-refractivity contribution in [2.75, 3.05) is 76.3 Å². The highest BCUT2D eigenvalue weighted by atomic mass is 19.1. The van der Waals surface area contributed by atoms with Crippen LogP contribution in [-0.4, -0.2) is 129 Å². The first-order valence-corrected chi connectivity index (χ1v) is 16.5. The number of nitrogens with zero attached hydrogens (tertiary/aromatic N) is 7. The van der Waals surface area contributed by atoms with Crippen molar-refractivity contribution in [3.63, 3.8) is 0 Å². The molecule has 0 saturated carbocycles. The SMILES string of the molecule is CN1C(c2ccc(O[C@H]3CCN(C(=O)C4CNC(=O)C4)C[C@H]3F)c(C#N)c2)=NC=NC1Nc1ccc(N2CCN(C3COC3)CC2)cc1. The zero-order valence-electron chi connectivity index (χ0n) is 26.9. The molecule has 252 valence electrons. The Kier molecular flexibility index (Phi) is 9.14. The largest absolute Gasteiger partial charge is 0.486 e. The van der Waals surface area contributed by atoms with Gasteiger partial charge in [0.15, 0.2) is 12.5 Å². The maximum atomic E-state index is 15.2. The second-order valence-corrected chi connectivity index (χ2v) is 12.9. The van der Waals surface area contributed by atoms with Crippen LogP contribution in [-0.2, 0) is 14.3 Å². The van der Waals surface area contributed by atoms with Gasteiger partial charge in [0.25, 0.3) is 0 Å². The van der Waals surface area contributed by atoms with E-state index in [0.29, 0.717) is 24.0 Å². The molecule has 5 heterocycles. The predicted molar refractivity (Wildman–Crippen MR) is 178 cm³/mol. The van der Waals surface area contributed by atoms with Crippen LogP contribution >= 0.6 is 0 Å². The van der Waals surface area contributed by atoms with Crippen LogP contribution in [0.4, 0.5) is 15.8 Å². The maximum Gasteiger partial charge on any atom is 0.228 e. The number of anilines is 2. The Morgan fingerprint density at radius 1 is 1.12 bits per heavy atom. The highest BCUT2D eigenvalue weighted by Crippen LogP contribution is 2.28. The molecule has 2 N–H and O–H groups in total. The van der Waals surface area contributed by atoms with Crippen molar-refractivity contribution in [2.24, 2.45) is 15.9 Å². The Morgan fingerprint density at radius 3 is 2.58 bits per heavy atom. The molecule has 2 aromatic rings. The van der Waals surface area contributed by atoms with Crippen LogP contribution in [0, 0.1) is 17.2 Å². The number of nitriles is 1. The zero-order valence-corrected chi connectivity index (χ0v) is 26.9. The van der Waals surface area contributed by atoms with E-state index in [1.807, 2.05) is 11.9 Å². The van der Waals surface area contributed by atoms with Crippen LogP contribution in [0.5, 0.6) is 5.75 Å². The number of halogens is 1. The van der Waals surface area contributed by atoms with Crippen molar-refractivity contribution < 1.29 is 23.5 Å². The van der Waals surface area contributed by atoms with Crippen LogP contribution in [0.2, 0.25) is 0 Å². The minimum Gasteiger partial charge on any atom is -0.486 e. The van der Waals surface area contributed by atoms with Crippen LogP contribution in [0.1, 0.15) is 24.0 Å². The average Bonchev–Trinajstić information content (AvgIpc) is 3.52. The first-order valence-electron chi connectivity index (χ1n) is 16.5. The molecule has 0 aliphatic carbocycles. The molecule has 14 heteroatoms. The third-order valence-electron chi connectivity index (χ3n) is 9.82. The number of carbonyl (C=O) groups excluding carboxylic acids is 2. The summed E-state index contributed by atoms with van der Waals surface area (Å²) in [5.41, 5.74) is 3.06. The Bertz CT molecular complexity index is 1620. The third kappa shape index (κ3) is 6.65. The zero-order chi connectivity index (χ0) is 33.2. The molecule has 7 rings (SSSR count). The molecule has 4 saturated heterocycles. The number of amidine groups is 1. The van der Waals surface area contributed by atoms with E-state index in [2.05, 4.69) is 60.8 Å². The average molecular weight is 658 g/mol. The van der Waals surface area contributed by atoms with E-state index in [9.17, 15) is 14.9 Å². The summed E-state index contributed by atoms with van der Waals surface area (Å²) in [5.74, 6) is 0.0650. The predicted octanol–water partition coefficient (Wildman–Crippen LogP) is 1.65. The Balaban J connectivity index is 0.943. The number of likely N-dealkylation sites (tertiary alicyclic amines) is 1. The first-order chi connectivity index (χ1) is 23.4. The number of nitrogens with one attached hydrogen (secondary N) is 2. The number of alkyl halides is 1. The van der Waals surface area contributed by atoms with E-state index >= 15 is 4.39 Å². The van der Waals surface area contributed by atoms with E-state index in [4.69, 9.17) is 9.47 Å². The lowest BCUT2D eigenvalue weighted by Crippen LogP contribution is -2.56. The van der Waals surface area contributed by atoms with Gasteiger partial charge in [-0.25, -0.2) is 14.4 Å². The molecule has 0 bridgehead atoms. The van der Waals surface area contributed by atoms with Crippen molar-refractivity contribution in [3.8, 4) is 11.8 Å². The van der Waals surface area contributed by atoms with Crippen LogP contribution in [0.25, 0.3) is 0 Å². The van der Waals surface area contributed by atoms with Gasteiger partial charge in [0, 0.05) is 76.1 Å². The van der Waals surface area contributed by atoms with Crippen molar-refractivity contribution in [1.82, 2.24) is 20.0 Å².